The van der Waals surface area contributed by atoms with E-state index < -0.39 is 0 Å². The quantitative estimate of drug-likeness (QED) is 0.893. The van der Waals surface area contributed by atoms with Gasteiger partial charge >= 0.3 is 0 Å². The minimum Gasteiger partial charge on any atom is -0.497 e. The molecule has 23 heavy (non-hydrogen) atoms. The maximum Gasteiger partial charge on any atom is 0.119 e. The summed E-state index contributed by atoms with van der Waals surface area (Å²) in [7, 11) is 1.70. The highest BCUT2D eigenvalue weighted by Gasteiger charge is 2.17. The van der Waals surface area contributed by atoms with Crippen molar-refractivity contribution >= 4 is 10.9 Å². The number of nitrogens with two attached hydrogens (primary N) is 1. The van der Waals surface area contributed by atoms with Gasteiger partial charge in [0.1, 0.15) is 5.75 Å². The SMILES string of the molecule is CCCc1c[nH]c2ccc(OC)cc12.N#CC1CCCC(N)C1. The summed E-state index contributed by atoms with van der Waals surface area (Å²) in [5.41, 5.74) is 8.22. The van der Waals surface area contributed by atoms with E-state index in [1.807, 2.05) is 6.07 Å². The van der Waals surface area contributed by atoms with Gasteiger partial charge in [-0.2, -0.15) is 5.26 Å². The number of H-pyrrole nitrogens is 1. The lowest BCUT2D eigenvalue weighted by Gasteiger charge is -2.20. The lowest BCUT2D eigenvalue weighted by Crippen LogP contribution is -2.26. The molecule has 1 aromatic carbocycles. The summed E-state index contributed by atoms with van der Waals surface area (Å²) in [4.78, 5) is 3.27. The highest BCUT2D eigenvalue weighted by Crippen LogP contribution is 2.24. The molecule has 0 bridgehead atoms. The summed E-state index contributed by atoms with van der Waals surface area (Å²) >= 11 is 0. The van der Waals surface area contributed by atoms with Crippen molar-refractivity contribution in [2.45, 2.75) is 51.5 Å². The van der Waals surface area contributed by atoms with Crippen LogP contribution in [0.25, 0.3) is 10.9 Å². The van der Waals surface area contributed by atoms with Crippen molar-refractivity contribution in [3.63, 3.8) is 0 Å². The van der Waals surface area contributed by atoms with Crippen LogP contribution in [0.3, 0.4) is 0 Å². The Balaban J connectivity index is 0.000000185. The molecule has 0 radical (unpaired) electrons. The minimum absolute atomic E-state index is 0.244. The van der Waals surface area contributed by atoms with Crippen LogP contribution in [-0.2, 0) is 6.42 Å². The number of nitrogens with zero attached hydrogens (tertiary/aromatic N) is 1. The van der Waals surface area contributed by atoms with Gasteiger partial charge in [-0.15, -0.1) is 0 Å². The molecule has 1 fully saturated rings. The van der Waals surface area contributed by atoms with Crippen molar-refractivity contribution in [3.05, 3.63) is 30.0 Å². The van der Waals surface area contributed by atoms with Crippen molar-refractivity contribution in [1.82, 2.24) is 4.98 Å². The molecule has 2 atom stereocenters. The number of fused-ring (bicyclic) bond motifs is 1. The van der Waals surface area contributed by atoms with Crippen LogP contribution in [0.1, 0.15) is 44.6 Å². The Morgan fingerprint density at radius 2 is 2.22 bits per heavy atom. The van der Waals surface area contributed by atoms with Gasteiger partial charge in [0, 0.05) is 29.1 Å². The minimum atomic E-state index is 0.244. The third-order valence-corrected chi connectivity index (χ3v) is 4.39. The summed E-state index contributed by atoms with van der Waals surface area (Å²) < 4.78 is 5.21. The molecule has 0 aliphatic heterocycles. The third kappa shape index (κ3) is 4.74. The number of benzene rings is 1. The first-order valence-corrected chi connectivity index (χ1v) is 8.47. The number of hydrogen-bond donors (Lipinski definition) is 2. The average molecular weight is 313 g/mol. The van der Waals surface area contributed by atoms with Crippen LogP contribution in [-0.4, -0.2) is 18.1 Å². The first-order valence-electron chi connectivity index (χ1n) is 8.47. The van der Waals surface area contributed by atoms with Gasteiger partial charge in [0.2, 0.25) is 0 Å². The van der Waals surface area contributed by atoms with E-state index in [0.29, 0.717) is 6.04 Å². The van der Waals surface area contributed by atoms with E-state index in [9.17, 15) is 0 Å². The number of nitrogens with one attached hydrogen (secondary N) is 1. The lowest BCUT2D eigenvalue weighted by molar-refractivity contribution is 0.379. The molecule has 1 heterocycles. The summed E-state index contributed by atoms with van der Waals surface area (Å²) in [5, 5.41) is 9.79. The summed E-state index contributed by atoms with van der Waals surface area (Å²) in [6, 6.07) is 8.69. The molecular weight excluding hydrogens is 286 g/mol. The second kappa shape index (κ2) is 8.59. The highest BCUT2D eigenvalue weighted by atomic mass is 16.5. The second-order valence-corrected chi connectivity index (χ2v) is 6.23. The number of rotatable bonds is 3. The highest BCUT2D eigenvalue weighted by molar-refractivity contribution is 5.84. The zero-order valence-electron chi connectivity index (χ0n) is 14.1. The monoisotopic (exact) mass is 313 g/mol. The lowest BCUT2D eigenvalue weighted by atomic mass is 9.87. The Kier molecular flexibility index (Phi) is 6.49. The predicted octanol–water partition coefficient (Wildman–Crippen LogP) is 4.16. The maximum atomic E-state index is 8.50. The summed E-state index contributed by atoms with van der Waals surface area (Å²) in [6.45, 7) is 2.19. The normalized spacial score (nSPS) is 20.4. The van der Waals surface area contributed by atoms with Crippen molar-refractivity contribution in [3.8, 4) is 11.8 Å². The van der Waals surface area contributed by atoms with Crippen molar-refractivity contribution in [2.75, 3.05) is 7.11 Å². The first-order chi connectivity index (χ1) is 11.2. The molecule has 2 unspecified atom stereocenters. The van der Waals surface area contributed by atoms with Crippen LogP contribution in [0.5, 0.6) is 5.75 Å². The average Bonchev–Trinajstić information content (AvgIpc) is 2.98. The van der Waals surface area contributed by atoms with Gasteiger partial charge in [-0.25, -0.2) is 0 Å². The van der Waals surface area contributed by atoms with Crippen molar-refractivity contribution in [1.29, 1.82) is 5.26 Å². The number of aryl methyl sites for hydroxylation is 1. The van der Waals surface area contributed by atoms with Crippen LogP contribution >= 0.6 is 0 Å². The molecule has 4 heteroatoms. The van der Waals surface area contributed by atoms with E-state index in [1.165, 1.54) is 22.9 Å². The summed E-state index contributed by atoms with van der Waals surface area (Å²) in [5.74, 6) is 1.17. The molecule has 2 aromatic rings. The van der Waals surface area contributed by atoms with E-state index in [0.717, 1.165) is 37.9 Å². The van der Waals surface area contributed by atoms with Gasteiger partial charge in [-0.1, -0.05) is 19.8 Å². The van der Waals surface area contributed by atoms with Crippen LogP contribution in [0.15, 0.2) is 24.4 Å². The zero-order valence-corrected chi connectivity index (χ0v) is 14.1. The fourth-order valence-corrected chi connectivity index (χ4v) is 3.11. The fraction of sp³-hybridized carbons (Fsp3) is 0.526. The molecule has 124 valence electrons. The van der Waals surface area contributed by atoms with Gasteiger partial charge < -0.3 is 15.5 Å². The Morgan fingerprint density at radius 1 is 1.39 bits per heavy atom. The van der Waals surface area contributed by atoms with Gasteiger partial charge in [-0.05, 0) is 49.4 Å². The van der Waals surface area contributed by atoms with Gasteiger partial charge in [0.25, 0.3) is 0 Å². The fourth-order valence-electron chi connectivity index (χ4n) is 3.11. The molecule has 1 aliphatic carbocycles. The molecule has 0 amide bonds. The molecule has 1 aliphatic rings. The van der Waals surface area contributed by atoms with E-state index >= 15 is 0 Å². The van der Waals surface area contributed by atoms with E-state index in [-0.39, 0.29) is 5.92 Å². The Labute approximate surface area is 138 Å². The Bertz CT molecular complexity index is 656. The molecule has 0 saturated heterocycles. The molecular formula is C19H27N3O. The van der Waals surface area contributed by atoms with Gasteiger partial charge in [-0.3, -0.25) is 0 Å². The topological polar surface area (TPSA) is 74.8 Å². The third-order valence-electron chi connectivity index (χ3n) is 4.39. The molecule has 1 aromatic heterocycles. The standard InChI is InChI=1S/C12H15NO.C7H12N2/c1-3-4-9-8-13-12-6-5-10(14-2)7-11(9)12;8-5-6-2-1-3-7(9)4-6/h5-8,13H,3-4H2,1-2H3;6-7H,1-4,9H2. The largest absolute Gasteiger partial charge is 0.497 e. The number of methoxy groups -OCH3 is 1. The number of ether oxygens (including phenoxy) is 1. The van der Waals surface area contributed by atoms with Gasteiger partial charge in [0.15, 0.2) is 0 Å². The van der Waals surface area contributed by atoms with Crippen molar-refractivity contribution in [2.24, 2.45) is 11.7 Å². The van der Waals surface area contributed by atoms with Crippen LogP contribution in [0, 0.1) is 17.2 Å². The van der Waals surface area contributed by atoms with E-state index in [1.54, 1.807) is 7.11 Å². The van der Waals surface area contributed by atoms with E-state index in [4.69, 9.17) is 15.7 Å². The number of hydrogen-bond acceptors (Lipinski definition) is 3. The molecule has 1 saturated carbocycles. The van der Waals surface area contributed by atoms with E-state index in [2.05, 4.69) is 36.3 Å². The van der Waals surface area contributed by atoms with Crippen LogP contribution in [0.4, 0.5) is 0 Å². The predicted molar refractivity (Wildman–Crippen MR) is 94.4 cm³/mol. The number of aromatic amines is 1. The Hall–Kier alpha value is -1.99. The van der Waals surface area contributed by atoms with Crippen LogP contribution < -0.4 is 10.5 Å². The maximum absolute atomic E-state index is 8.50. The second-order valence-electron chi connectivity index (χ2n) is 6.23. The summed E-state index contributed by atoms with van der Waals surface area (Å²) in [6.07, 6.45) is 8.60. The number of aromatic nitrogens is 1. The molecule has 3 N–H and O–H groups in total. The molecule has 3 rings (SSSR count). The molecule has 4 nitrogen and oxygen atoms in total. The first kappa shape index (κ1) is 17.4. The van der Waals surface area contributed by atoms with Crippen molar-refractivity contribution < 1.29 is 4.74 Å². The zero-order chi connectivity index (χ0) is 16.7. The smallest absolute Gasteiger partial charge is 0.119 e. The Morgan fingerprint density at radius 3 is 2.83 bits per heavy atom. The molecule has 0 spiro atoms. The van der Waals surface area contributed by atoms with Gasteiger partial charge in [0.05, 0.1) is 13.2 Å². The van der Waals surface area contributed by atoms with Crippen LogP contribution in [0.2, 0.25) is 0 Å². The number of nitriles is 1.